The Morgan fingerprint density at radius 1 is 1.11 bits per heavy atom. The summed E-state index contributed by atoms with van der Waals surface area (Å²) >= 11 is 0. The molecule has 3 heterocycles. The normalized spacial score (nSPS) is 21.0. The SMILES string of the molecule is O=C(C1CCC1)N(CCN1CCOCC1)CC(=O)N1N=C(c2ccc(F)cc2)C[C@H]1c1ccco1. The van der Waals surface area contributed by atoms with Gasteiger partial charge in [-0.25, -0.2) is 9.40 Å². The van der Waals surface area contributed by atoms with E-state index in [1.807, 2.05) is 6.07 Å². The second-order valence-electron chi connectivity index (χ2n) is 9.37. The average molecular weight is 483 g/mol. The van der Waals surface area contributed by atoms with Crippen molar-refractivity contribution in [2.45, 2.75) is 31.7 Å². The number of carbonyl (C=O) groups excluding carboxylic acids is 2. The summed E-state index contributed by atoms with van der Waals surface area (Å²) in [7, 11) is 0. The van der Waals surface area contributed by atoms with Crippen LogP contribution in [0.15, 0.2) is 52.2 Å². The summed E-state index contributed by atoms with van der Waals surface area (Å²) in [4.78, 5) is 30.7. The minimum Gasteiger partial charge on any atom is -0.467 e. The molecule has 1 saturated heterocycles. The van der Waals surface area contributed by atoms with Gasteiger partial charge in [0, 0.05) is 38.5 Å². The van der Waals surface area contributed by atoms with E-state index in [0.29, 0.717) is 44.2 Å². The van der Waals surface area contributed by atoms with Crippen LogP contribution in [0.1, 0.15) is 43.0 Å². The van der Waals surface area contributed by atoms with Gasteiger partial charge in [0.1, 0.15) is 24.2 Å². The van der Waals surface area contributed by atoms with E-state index in [4.69, 9.17) is 9.15 Å². The van der Waals surface area contributed by atoms with Gasteiger partial charge in [-0.15, -0.1) is 0 Å². The second-order valence-corrected chi connectivity index (χ2v) is 9.37. The van der Waals surface area contributed by atoms with Crippen LogP contribution in [0.3, 0.4) is 0 Å². The highest BCUT2D eigenvalue weighted by atomic mass is 19.1. The topological polar surface area (TPSA) is 78.6 Å². The molecule has 2 aliphatic heterocycles. The van der Waals surface area contributed by atoms with Gasteiger partial charge in [-0.3, -0.25) is 14.5 Å². The van der Waals surface area contributed by atoms with E-state index in [2.05, 4.69) is 10.0 Å². The van der Waals surface area contributed by atoms with Crippen molar-refractivity contribution >= 4 is 17.5 Å². The Balaban J connectivity index is 1.33. The number of hydrogen-bond acceptors (Lipinski definition) is 6. The van der Waals surface area contributed by atoms with Gasteiger partial charge < -0.3 is 14.1 Å². The van der Waals surface area contributed by atoms with Crippen LogP contribution in [0.25, 0.3) is 0 Å². The predicted octanol–water partition coefficient (Wildman–Crippen LogP) is 3.06. The number of rotatable bonds is 8. The molecule has 1 aliphatic carbocycles. The fraction of sp³-hybridized carbons (Fsp3) is 0.500. The Labute approximate surface area is 204 Å². The van der Waals surface area contributed by atoms with E-state index in [-0.39, 0.29) is 30.1 Å². The summed E-state index contributed by atoms with van der Waals surface area (Å²) in [6, 6.07) is 9.29. The van der Waals surface area contributed by atoms with Gasteiger partial charge >= 0.3 is 0 Å². The molecule has 9 heteroatoms. The second kappa shape index (κ2) is 10.7. The van der Waals surface area contributed by atoms with Crippen molar-refractivity contribution in [3.05, 3.63) is 59.8 Å². The molecular weight excluding hydrogens is 451 g/mol. The first-order chi connectivity index (χ1) is 17.1. The van der Waals surface area contributed by atoms with Gasteiger partial charge in [0.15, 0.2) is 0 Å². The van der Waals surface area contributed by atoms with E-state index in [1.54, 1.807) is 29.4 Å². The van der Waals surface area contributed by atoms with Crippen LogP contribution < -0.4 is 0 Å². The van der Waals surface area contributed by atoms with Gasteiger partial charge in [0.2, 0.25) is 5.91 Å². The van der Waals surface area contributed by atoms with Crippen LogP contribution in [-0.2, 0) is 14.3 Å². The van der Waals surface area contributed by atoms with E-state index < -0.39 is 6.04 Å². The Hall–Kier alpha value is -3.04. The van der Waals surface area contributed by atoms with Crippen molar-refractivity contribution in [2.75, 3.05) is 45.9 Å². The first-order valence-corrected chi connectivity index (χ1v) is 12.4. The van der Waals surface area contributed by atoms with Gasteiger partial charge in [0.25, 0.3) is 5.91 Å². The molecule has 8 nitrogen and oxygen atoms in total. The lowest BCUT2D eigenvalue weighted by Gasteiger charge is -2.34. The smallest absolute Gasteiger partial charge is 0.262 e. The van der Waals surface area contributed by atoms with E-state index in [9.17, 15) is 14.0 Å². The number of halogens is 1. The van der Waals surface area contributed by atoms with Gasteiger partial charge in [0.05, 0.1) is 25.2 Å². The molecule has 2 aromatic rings. The van der Waals surface area contributed by atoms with E-state index >= 15 is 0 Å². The zero-order valence-corrected chi connectivity index (χ0v) is 19.8. The van der Waals surface area contributed by atoms with Crippen molar-refractivity contribution in [3.63, 3.8) is 0 Å². The molecule has 0 N–H and O–H groups in total. The molecule has 0 unspecified atom stereocenters. The molecule has 1 aromatic carbocycles. The lowest BCUT2D eigenvalue weighted by Crippen LogP contribution is -2.49. The van der Waals surface area contributed by atoms with Crippen LogP contribution in [0.5, 0.6) is 0 Å². The maximum absolute atomic E-state index is 13.6. The van der Waals surface area contributed by atoms with Crippen molar-refractivity contribution in [3.8, 4) is 0 Å². The lowest BCUT2D eigenvalue weighted by molar-refractivity contribution is -0.146. The zero-order chi connectivity index (χ0) is 24.2. The van der Waals surface area contributed by atoms with Crippen molar-refractivity contribution < 1.29 is 23.1 Å². The summed E-state index contributed by atoms with van der Waals surface area (Å²) in [5, 5.41) is 6.06. The number of ether oxygens (including phenoxy) is 1. The first kappa shape index (κ1) is 23.7. The number of carbonyl (C=O) groups is 2. The number of benzene rings is 1. The van der Waals surface area contributed by atoms with Gasteiger partial charge in [-0.1, -0.05) is 18.6 Å². The molecule has 2 fully saturated rings. The van der Waals surface area contributed by atoms with Crippen LogP contribution >= 0.6 is 0 Å². The standard InChI is InChI=1S/C26H31FN4O4/c27-21-8-6-19(7-9-21)22-17-23(24-5-2-14-35-24)31(28-22)25(32)18-30(26(33)20-3-1-4-20)11-10-29-12-15-34-16-13-29/h2,5-9,14,20,23H,1,3-4,10-13,15-18H2/t23-/m0/s1. The van der Waals surface area contributed by atoms with Crippen LogP contribution in [0.4, 0.5) is 4.39 Å². The molecule has 3 aliphatic rings. The molecule has 186 valence electrons. The molecule has 1 aromatic heterocycles. The monoisotopic (exact) mass is 482 g/mol. The Bertz CT molecular complexity index is 1050. The van der Waals surface area contributed by atoms with Crippen LogP contribution in [-0.4, -0.2) is 78.3 Å². The summed E-state index contributed by atoms with van der Waals surface area (Å²) in [5.41, 5.74) is 1.44. The minimum atomic E-state index is -0.405. The van der Waals surface area contributed by atoms with Gasteiger partial charge in [-0.2, -0.15) is 5.10 Å². The fourth-order valence-corrected chi connectivity index (χ4v) is 4.76. The summed E-state index contributed by atoms with van der Waals surface area (Å²) in [6.07, 6.45) is 4.84. The fourth-order valence-electron chi connectivity index (χ4n) is 4.76. The summed E-state index contributed by atoms with van der Waals surface area (Å²) in [5.74, 6) is 0.107. The van der Waals surface area contributed by atoms with E-state index in [0.717, 1.165) is 37.9 Å². The lowest BCUT2D eigenvalue weighted by atomic mass is 9.84. The van der Waals surface area contributed by atoms with Gasteiger partial charge in [-0.05, 0) is 42.7 Å². The molecule has 0 bridgehead atoms. The number of morpholine rings is 1. The van der Waals surface area contributed by atoms with Crippen molar-refractivity contribution in [1.29, 1.82) is 0 Å². The zero-order valence-electron chi connectivity index (χ0n) is 19.8. The number of furan rings is 1. The molecule has 5 rings (SSSR count). The summed E-state index contributed by atoms with van der Waals surface area (Å²) in [6.45, 7) is 4.21. The first-order valence-electron chi connectivity index (χ1n) is 12.4. The highest BCUT2D eigenvalue weighted by Crippen LogP contribution is 2.34. The maximum atomic E-state index is 13.6. The predicted molar refractivity (Wildman–Crippen MR) is 127 cm³/mol. The Morgan fingerprint density at radius 3 is 2.54 bits per heavy atom. The summed E-state index contributed by atoms with van der Waals surface area (Å²) < 4.78 is 24.5. The Kier molecular flexibility index (Phi) is 7.24. The number of hydrazone groups is 1. The maximum Gasteiger partial charge on any atom is 0.262 e. The third kappa shape index (κ3) is 5.46. The number of nitrogens with zero attached hydrogens (tertiary/aromatic N) is 4. The Morgan fingerprint density at radius 2 is 1.89 bits per heavy atom. The van der Waals surface area contributed by atoms with Crippen molar-refractivity contribution in [2.24, 2.45) is 11.0 Å². The highest BCUT2D eigenvalue weighted by Gasteiger charge is 2.37. The van der Waals surface area contributed by atoms with Crippen LogP contribution in [0, 0.1) is 11.7 Å². The number of hydrogen-bond donors (Lipinski definition) is 0. The third-order valence-corrected chi connectivity index (χ3v) is 7.10. The highest BCUT2D eigenvalue weighted by molar-refractivity contribution is 6.03. The van der Waals surface area contributed by atoms with Crippen LogP contribution in [0.2, 0.25) is 0 Å². The quantitative estimate of drug-likeness (QED) is 0.578. The largest absolute Gasteiger partial charge is 0.467 e. The minimum absolute atomic E-state index is 0.00483. The third-order valence-electron chi connectivity index (χ3n) is 7.10. The number of amides is 2. The molecule has 2 amide bonds. The molecule has 1 saturated carbocycles. The molecule has 1 atom stereocenters. The average Bonchev–Trinajstić information content (AvgIpc) is 3.52. The molecule has 0 radical (unpaired) electrons. The molecular formula is C26H31FN4O4. The molecule has 35 heavy (non-hydrogen) atoms. The van der Waals surface area contributed by atoms with Crippen molar-refractivity contribution in [1.82, 2.24) is 14.8 Å². The molecule has 0 spiro atoms. The van der Waals surface area contributed by atoms with E-state index in [1.165, 1.54) is 17.1 Å².